The quantitative estimate of drug-likeness (QED) is 0.800. The molecule has 1 fully saturated rings. The Bertz CT molecular complexity index is 381. The molecule has 1 unspecified atom stereocenters. The Morgan fingerprint density at radius 3 is 3.00 bits per heavy atom. The van der Waals surface area contributed by atoms with Crippen LogP contribution in [0.15, 0.2) is 6.07 Å². The van der Waals surface area contributed by atoms with E-state index < -0.39 is 0 Å². The summed E-state index contributed by atoms with van der Waals surface area (Å²) in [5, 5.41) is 1.11. The fourth-order valence-corrected chi connectivity index (χ4v) is 3.03. The zero-order valence-electron chi connectivity index (χ0n) is 10.6. The lowest BCUT2D eigenvalue weighted by Gasteiger charge is -2.18. The normalized spacial score (nSPS) is 19.9. The molecule has 4 heteroatoms. The number of alkyl halides is 1. The molecule has 0 saturated carbocycles. The van der Waals surface area contributed by atoms with Crippen molar-refractivity contribution in [1.29, 1.82) is 0 Å². The number of hydrogen-bond donors (Lipinski definition) is 0. The van der Waals surface area contributed by atoms with E-state index in [4.69, 9.17) is 0 Å². The van der Waals surface area contributed by atoms with Gasteiger partial charge in [-0.05, 0) is 32.1 Å². The number of anilines is 1. The van der Waals surface area contributed by atoms with Gasteiger partial charge in [-0.1, -0.05) is 22.9 Å². The molecule has 3 nitrogen and oxygen atoms in total. The Balaban J connectivity index is 2.10. The first kappa shape index (κ1) is 12.8. The molecule has 2 rings (SSSR count). The van der Waals surface area contributed by atoms with Gasteiger partial charge in [0.1, 0.15) is 11.6 Å². The van der Waals surface area contributed by atoms with Crippen LogP contribution >= 0.6 is 15.9 Å². The second-order valence-corrected chi connectivity index (χ2v) is 5.49. The van der Waals surface area contributed by atoms with Gasteiger partial charge in [0.2, 0.25) is 0 Å². The number of aromatic nitrogens is 2. The number of hydrogen-bond acceptors (Lipinski definition) is 3. The van der Waals surface area contributed by atoms with E-state index in [9.17, 15) is 0 Å². The predicted octanol–water partition coefficient (Wildman–Crippen LogP) is 2.96. The Kier molecular flexibility index (Phi) is 4.37. The van der Waals surface area contributed by atoms with Crippen LogP contribution in [0.3, 0.4) is 0 Å². The zero-order valence-corrected chi connectivity index (χ0v) is 12.2. The average Bonchev–Trinajstić information content (AvgIpc) is 2.77. The molecule has 0 amide bonds. The van der Waals surface area contributed by atoms with Crippen LogP contribution in [-0.4, -0.2) is 28.4 Å². The van der Waals surface area contributed by atoms with Crippen molar-refractivity contribution < 1.29 is 0 Å². The van der Waals surface area contributed by atoms with E-state index in [1.54, 1.807) is 0 Å². The minimum Gasteiger partial charge on any atom is -0.356 e. The Morgan fingerprint density at radius 2 is 2.29 bits per heavy atom. The average molecular weight is 298 g/mol. The number of nitrogens with zero attached hydrogens (tertiary/aromatic N) is 3. The molecule has 17 heavy (non-hydrogen) atoms. The highest BCUT2D eigenvalue weighted by Crippen LogP contribution is 2.25. The van der Waals surface area contributed by atoms with Crippen LogP contribution in [0.2, 0.25) is 0 Å². The van der Waals surface area contributed by atoms with Crippen LogP contribution in [-0.2, 0) is 6.42 Å². The summed E-state index contributed by atoms with van der Waals surface area (Å²) >= 11 is 3.53. The highest BCUT2D eigenvalue weighted by atomic mass is 79.9. The monoisotopic (exact) mass is 297 g/mol. The molecule has 2 heterocycles. The predicted molar refractivity (Wildman–Crippen MR) is 74.9 cm³/mol. The van der Waals surface area contributed by atoms with Crippen molar-refractivity contribution in [1.82, 2.24) is 9.97 Å². The first-order valence-electron chi connectivity index (χ1n) is 6.38. The second kappa shape index (κ2) is 5.80. The van der Waals surface area contributed by atoms with Crippen molar-refractivity contribution in [2.24, 2.45) is 5.92 Å². The summed E-state index contributed by atoms with van der Waals surface area (Å²) in [5.41, 5.74) is 1.15. The first-order valence-corrected chi connectivity index (χ1v) is 7.50. The molecular formula is C13H20BrN3. The van der Waals surface area contributed by atoms with Gasteiger partial charge in [-0.25, -0.2) is 9.97 Å². The molecule has 0 spiro atoms. The molecule has 0 N–H and O–H groups in total. The molecule has 0 aliphatic carbocycles. The van der Waals surface area contributed by atoms with E-state index in [-0.39, 0.29) is 0 Å². The lowest BCUT2D eigenvalue weighted by atomic mass is 10.1. The standard InChI is InChI=1S/C13H20BrN3/c1-3-12-8-13(16-10(2)15-12)17-7-5-11(9-17)4-6-14/h8,11H,3-7,9H2,1-2H3. The Hall–Kier alpha value is -0.640. The van der Waals surface area contributed by atoms with Gasteiger partial charge in [-0.2, -0.15) is 0 Å². The van der Waals surface area contributed by atoms with E-state index in [0.717, 1.165) is 48.1 Å². The fraction of sp³-hybridized carbons (Fsp3) is 0.692. The second-order valence-electron chi connectivity index (χ2n) is 4.70. The molecule has 1 atom stereocenters. The summed E-state index contributed by atoms with van der Waals surface area (Å²) < 4.78 is 0. The highest BCUT2D eigenvalue weighted by Gasteiger charge is 2.23. The molecule has 94 valence electrons. The third-order valence-electron chi connectivity index (χ3n) is 3.37. The summed E-state index contributed by atoms with van der Waals surface area (Å²) in [7, 11) is 0. The Morgan fingerprint density at radius 1 is 1.47 bits per heavy atom. The van der Waals surface area contributed by atoms with Gasteiger partial charge in [0.15, 0.2) is 0 Å². The summed E-state index contributed by atoms with van der Waals surface area (Å²) in [6.07, 6.45) is 3.53. The SMILES string of the molecule is CCc1cc(N2CCC(CCBr)C2)nc(C)n1. The Labute approximate surface area is 112 Å². The van der Waals surface area contributed by atoms with Crippen molar-refractivity contribution in [3.05, 3.63) is 17.6 Å². The summed E-state index contributed by atoms with van der Waals surface area (Å²) in [6, 6.07) is 2.14. The summed E-state index contributed by atoms with van der Waals surface area (Å²) in [6.45, 7) is 6.40. The molecule has 1 aliphatic rings. The van der Waals surface area contributed by atoms with Crippen molar-refractivity contribution in [3.63, 3.8) is 0 Å². The van der Waals surface area contributed by atoms with Crippen LogP contribution in [0.5, 0.6) is 0 Å². The van der Waals surface area contributed by atoms with Crippen molar-refractivity contribution in [2.75, 3.05) is 23.3 Å². The van der Waals surface area contributed by atoms with Crippen molar-refractivity contribution >= 4 is 21.7 Å². The van der Waals surface area contributed by atoms with Crippen molar-refractivity contribution in [2.45, 2.75) is 33.1 Å². The number of halogens is 1. The maximum Gasteiger partial charge on any atom is 0.132 e. The lowest BCUT2D eigenvalue weighted by molar-refractivity contribution is 0.575. The van der Waals surface area contributed by atoms with Gasteiger partial charge in [0.25, 0.3) is 0 Å². The topological polar surface area (TPSA) is 29.0 Å². The zero-order chi connectivity index (χ0) is 12.3. The molecule has 1 aromatic heterocycles. The third kappa shape index (κ3) is 3.18. The summed E-state index contributed by atoms with van der Waals surface area (Å²) in [5.74, 6) is 2.82. The van der Waals surface area contributed by atoms with Crippen LogP contribution < -0.4 is 4.90 Å². The lowest BCUT2D eigenvalue weighted by Crippen LogP contribution is -2.21. The minimum absolute atomic E-state index is 0.815. The van der Waals surface area contributed by atoms with Gasteiger partial charge in [0.05, 0.1) is 0 Å². The van der Waals surface area contributed by atoms with Gasteiger partial charge in [-0.15, -0.1) is 0 Å². The van der Waals surface area contributed by atoms with Gasteiger partial charge >= 0.3 is 0 Å². The highest BCUT2D eigenvalue weighted by molar-refractivity contribution is 9.09. The molecule has 1 aromatic rings. The van der Waals surface area contributed by atoms with E-state index in [1.165, 1.54) is 12.8 Å². The minimum atomic E-state index is 0.815. The van der Waals surface area contributed by atoms with E-state index in [2.05, 4.69) is 43.8 Å². The number of rotatable bonds is 4. The van der Waals surface area contributed by atoms with Gasteiger partial charge < -0.3 is 4.90 Å². The molecule has 1 saturated heterocycles. The fourth-order valence-electron chi connectivity index (χ4n) is 2.39. The molecule has 0 bridgehead atoms. The summed E-state index contributed by atoms with van der Waals surface area (Å²) in [4.78, 5) is 11.4. The van der Waals surface area contributed by atoms with E-state index in [1.807, 2.05) is 6.92 Å². The van der Waals surface area contributed by atoms with Crippen LogP contribution in [0.1, 0.15) is 31.3 Å². The van der Waals surface area contributed by atoms with Crippen LogP contribution in [0, 0.1) is 12.8 Å². The van der Waals surface area contributed by atoms with Gasteiger partial charge in [-0.3, -0.25) is 0 Å². The molecule has 0 aromatic carbocycles. The smallest absolute Gasteiger partial charge is 0.132 e. The molecule has 1 aliphatic heterocycles. The maximum atomic E-state index is 4.56. The third-order valence-corrected chi connectivity index (χ3v) is 3.82. The molecule has 0 radical (unpaired) electrons. The van der Waals surface area contributed by atoms with Crippen LogP contribution in [0.4, 0.5) is 5.82 Å². The van der Waals surface area contributed by atoms with Crippen LogP contribution in [0.25, 0.3) is 0 Å². The molecular weight excluding hydrogens is 278 g/mol. The largest absolute Gasteiger partial charge is 0.356 e. The maximum absolute atomic E-state index is 4.56. The first-order chi connectivity index (χ1) is 8.22. The van der Waals surface area contributed by atoms with E-state index in [0.29, 0.717) is 0 Å². The van der Waals surface area contributed by atoms with E-state index >= 15 is 0 Å². The van der Waals surface area contributed by atoms with Crippen molar-refractivity contribution in [3.8, 4) is 0 Å². The number of aryl methyl sites for hydroxylation is 2. The van der Waals surface area contributed by atoms with Gasteiger partial charge in [0, 0.05) is 30.2 Å².